The van der Waals surface area contributed by atoms with E-state index in [9.17, 15) is 14.9 Å². The lowest BCUT2D eigenvalue weighted by Gasteiger charge is -2.19. The maximum absolute atomic E-state index is 11.4. The number of carbonyl (C=O) groups is 1. The number of likely N-dealkylation sites (N-methyl/N-ethyl adjacent to an activating group) is 1. The first kappa shape index (κ1) is 14.3. The minimum Gasteiger partial charge on any atom is -0.376 e. The smallest absolute Gasteiger partial charge is 0.292 e. The Bertz CT molecular complexity index is 557. The molecular weight excluding hydrogens is 260 g/mol. The minimum absolute atomic E-state index is 0.00542. The first-order valence-electron chi connectivity index (χ1n) is 6.39. The van der Waals surface area contributed by atoms with E-state index in [1.54, 1.807) is 6.07 Å². The van der Waals surface area contributed by atoms with Crippen LogP contribution in [0.15, 0.2) is 12.1 Å². The number of nitro benzene ring substituents is 1. The van der Waals surface area contributed by atoms with Gasteiger partial charge in [-0.05, 0) is 32.6 Å². The van der Waals surface area contributed by atoms with Gasteiger partial charge in [0.2, 0.25) is 5.91 Å². The maximum atomic E-state index is 11.4. The SMILES string of the molecule is CC(CN(C)C)Nc1cc2c(cc1[N+](=O)[O-])CC(=O)N2. The number of nitro groups is 1. The third-order valence-corrected chi connectivity index (χ3v) is 3.08. The van der Waals surface area contributed by atoms with Crippen molar-refractivity contribution in [3.05, 3.63) is 27.8 Å². The summed E-state index contributed by atoms with van der Waals surface area (Å²) in [6.07, 6.45) is 0.198. The summed E-state index contributed by atoms with van der Waals surface area (Å²) in [6.45, 7) is 2.70. The number of hydrogen-bond acceptors (Lipinski definition) is 5. The summed E-state index contributed by atoms with van der Waals surface area (Å²) in [7, 11) is 3.88. The van der Waals surface area contributed by atoms with Gasteiger partial charge in [-0.2, -0.15) is 0 Å². The number of nitrogens with zero attached hydrogens (tertiary/aromatic N) is 2. The van der Waals surface area contributed by atoms with E-state index < -0.39 is 4.92 Å². The van der Waals surface area contributed by atoms with Crippen molar-refractivity contribution in [1.82, 2.24) is 4.90 Å². The van der Waals surface area contributed by atoms with E-state index in [2.05, 4.69) is 10.6 Å². The second-order valence-electron chi connectivity index (χ2n) is 5.32. The van der Waals surface area contributed by atoms with Crippen molar-refractivity contribution in [3.63, 3.8) is 0 Å². The Morgan fingerprint density at radius 3 is 2.80 bits per heavy atom. The monoisotopic (exact) mass is 278 g/mol. The highest BCUT2D eigenvalue weighted by atomic mass is 16.6. The van der Waals surface area contributed by atoms with Crippen molar-refractivity contribution in [2.75, 3.05) is 31.3 Å². The lowest BCUT2D eigenvalue weighted by Crippen LogP contribution is -2.29. The van der Waals surface area contributed by atoms with Gasteiger partial charge in [0.25, 0.3) is 5.69 Å². The molecule has 0 aliphatic carbocycles. The highest BCUT2D eigenvalue weighted by Gasteiger charge is 2.25. The average Bonchev–Trinajstić information content (AvgIpc) is 2.65. The standard InChI is InChI=1S/C13H18N4O3/c1-8(7-16(2)3)14-11-6-10-9(5-13(18)15-10)4-12(11)17(19)20/h4,6,8,14H,5,7H2,1-3H3,(H,15,18). The highest BCUT2D eigenvalue weighted by molar-refractivity contribution is 6.00. The van der Waals surface area contributed by atoms with Gasteiger partial charge >= 0.3 is 0 Å². The molecule has 0 radical (unpaired) electrons. The molecule has 2 rings (SSSR count). The van der Waals surface area contributed by atoms with E-state index in [4.69, 9.17) is 0 Å². The first-order valence-corrected chi connectivity index (χ1v) is 6.39. The van der Waals surface area contributed by atoms with Crippen LogP contribution in [0.2, 0.25) is 0 Å². The summed E-state index contributed by atoms with van der Waals surface area (Å²) in [5.74, 6) is -0.132. The Morgan fingerprint density at radius 2 is 2.20 bits per heavy atom. The zero-order valence-electron chi connectivity index (χ0n) is 11.8. The molecule has 1 amide bonds. The van der Waals surface area contributed by atoms with Gasteiger partial charge < -0.3 is 15.5 Å². The van der Waals surface area contributed by atoms with Crippen molar-refractivity contribution in [1.29, 1.82) is 0 Å². The Morgan fingerprint density at radius 1 is 1.50 bits per heavy atom. The summed E-state index contributed by atoms with van der Waals surface area (Å²) < 4.78 is 0. The van der Waals surface area contributed by atoms with Crippen LogP contribution < -0.4 is 10.6 Å². The van der Waals surface area contributed by atoms with Crippen LogP contribution in [-0.4, -0.2) is 42.4 Å². The summed E-state index contributed by atoms with van der Waals surface area (Å²) in [5, 5.41) is 17.0. The second kappa shape index (κ2) is 5.46. The number of carbonyl (C=O) groups excluding carboxylic acids is 1. The molecule has 1 heterocycles. The number of benzene rings is 1. The Hall–Kier alpha value is -2.15. The quantitative estimate of drug-likeness (QED) is 0.628. The molecule has 1 atom stereocenters. The van der Waals surface area contributed by atoms with E-state index in [1.807, 2.05) is 25.9 Å². The van der Waals surface area contributed by atoms with Crippen LogP contribution in [0.1, 0.15) is 12.5 Å². The first-order chi connectivity index (χ1) is 9.36. The molecule has 0 saturated carbocycles. The fourth-order valence-corrected chi connectivity index (χ4v) is 2.39. The fraction of sp³-hybridized carbons (Fsp3) is 0.462. The Kier molecular flexibility index (Phi) is 3.89. The topological polar surface area (TPSA) is 87.5 Å². The van der Waals surface area contributed by atoms with E-state index in [-0.39, 0.29) is 24.1 Å². The predicted molar refractivity (Wildman–Crippen MR) is 77.1 cm³/mol. The molecule has 0 aromatic heterocycles. The van der Waals surface area contributed by atoms with Crippen LogP contribution >= 0.6 is 0 Å². The molecular formula is C13H18N4O3. The second-order valence-corrected chi connectivity index (χ2v) is 5.32. The molecule has 1 aromatic carbocycles. The number of fused-ring (bicyclic) bond motifs is 1. The zero-order chi connectivity index (χ0) is 14.9. The van der Waals surface area contributed by atoms with Crippen molar-refractivity contribution >= 4 is 23.0 Å². The highest BCUT2D eigenvalue weighted by Crippen LogP contribution is 2.34. The third kappa shape index (κ3) is 3.05. The molecule has 1 aliphatic heterocycles. The van der Waals surface area contributed by atoms with Gasteiger partial charge in [0, 0.05) is 24.3 Å². The van der Waals surface area contributed by atoms with E-state index in [1.165, 1.54) is 6.07 Å². The van der Waals surface area contributed by atoms with Crippen LogP contribution in [0.3, 0.4) is 0 Å². The predicted octanol–water partition coefficient (Wildman–Crippen LogP) is 1.45. The molecule has 0 fully saturated rings. The van der Waals surface area contributed by atoms with Crippen LogP contribution in [0, 0.1) is 10.1 Å². The van der Waals surface area contributed by atoms with E-state index in [0.29, 0.717) is 16.9 Å². The molecule has 1 unspecified atom stereocenters. The molecule has 7 nitrogen and oxygen atoms in total. The molecule has 0 saturated heterocycles. The van der Waals surface area contributed by atoms with Crippen molar-refractivity contribution in [2.45, 2.75) is 19.4 Å². The number of amides is 1. The summed E-state index contributed by atoms with van der Waals surface area (Å²) in [5.41, 5.74) is 1.77. The van der Waals surface area contributed by atoms with Crippen LogP contribution in [-0.2, 0) is 11.2 Å². The average molecular weight is 278 g/mol. The van der Waals surface area contributed by atoms with Crippen molar-refractivity contribution < 1.29 is 9.72 Å². The van der Waals surface area contributed by atoms with Gasteiger partial charge in [-0.25, -0.2) is 0 Å². The molecule has 1 aliphatic rings. The Labute approximate surface area is 117 Å². The van der Waals surface area contributed by atoms with Gasteiger partial charge in [0.1, 0.15) is 5.69 Å². The summed E-state index contributed by atoms with van der Waals surface area (Å²) in [4.78, 5) is 24.1. The van der Waals surface area contributed by atoms with Gasteiger partial charge in [0.15, 0.2) is 0 Å². The number of hydrogen-bond donors (Lipinski definition) is 2. The summed E-state index contributed by atoms with van der Waals surface area (Å²) >= 11 is 0. The lowest BCUT2D eigenvalue weighted by atomic mass is 10.1. The zero-order valence-corrected chi connectivity index (χ0v) is 11.8. The largest absolute Gasteiger partial charge is 0.376 e. The number of anilines is 2. The van der Waals surface area contributed by atoms with Gasteiger partial charge in [-0.15, -0.1) is 0 Å². The van der Waals surface area contributed by atoms with Crippen LogP contribution in [0.25, 0.3) is 0 Å². The molecule has 2 N–H and O–H groups in total. The number of rotatable bonds is 5. The van der Waals surface area contributed by atoms with Gasteiger partial charge in [-0.1, -0.05) is 0 Å². The normalized spacial score (nSPS) is 14.9. The fourth-order valence-electron chi connectivity index (χ4n) is 2.39. The molecule has 0 bridgehead atoms. The molecule has 20 heavy (non-hydrogen) atoms. The Balaban J connectivity index is 2.29. The number of nitrogens with one attached hydrogen (secondary N) is 2. The minimum atomic E-state index is -0.423. The van der Waals surface area contributed by atoms with Crippen LogP contribution in [0.5, 0.6) is 0 Å². The molecule has 1 aromatic rings. The lowest BCUT2D eigenvalue weighted by molar-refractivity contribution is -0.384. The summed E-state index contributed by atoms with van der Waals surface area (Å²) in [6, 6.07) is 3.17. The molecule has 108 valence electrons. The molecule has 0 spiro atoms. The molecule has 7 heteroatoms. The van der Waals surface area contributed by atoms with E-state index >= 15 is 0 Å². The third-order valence-electron chi connectivity index (χ3n) is 3.08. The van der Waals surface area contributed by atoms with E-state index in [0.717, 1.165) is 6.54 Å². The van der Waals surface area contributed by atoms with Gasteiger partial charge in [0.05, 0.1) is 11.3 Å². The van der Waals surface area contributed by atoms with Crippen LogP contribution in [0.4, 0.5) is 17.1 Å². The maximum Gasteiger partial charge on any atom is 0.292 e. The van der Waals surface area contributed by atoms with Crippen molar-refractivity contribution in [3.8, 4) is 0 Å². The van der Waals surface area contributed by atoms with Gasteiger partial charge in [-0.3, -0.25) is 14.9 Å². The van der Waals surface area contributed by atoms with Crippen molar-refractivity contribution in [2.24, 2.45) is 0 Å².